The number of aromatic nitrogens is 1. The van der Waals surface area contributed by atoms with Crippen molar-refractivity contribution in [3.8, 4) is 5.75 Å². The Morgan fingerprint density at radius 3 is 2.37 bits per heavy atom. The predicted octanol–water partition coefficient (Wildman–Crippen LogP) is 5.00. The molecule has 138 valence electrons. The molecule has 0 spiro atoms. The van der Waals surface area contributed by atoms with E-state index in [1.165, 1.54) is 24.3 Å². The van der Waals surface area contributed by atoms with E-state index in [9.17, 15) is 9.18 Å². The quantitative estimate of drug-likeness (QED) is 0.645. The summed E-state index contributed by atoms with van der Waals surface area (Å²) in [5.41, 5.74) is 2.31. The summed E-state index contributed by atoms with van der Waals surface area (Å²) in [6, 6.07) is 16.6. The first-order valence-corrected chi connectivity index (χ1v) is 8.57. The summed E-state index contributed by atoms with van der Waals surface area (Å²) in [6.45, 7) is 3.93. The van der Waals surface area contributed by atoms with E-state index >= 15 is 0 Å². The molecule has 0 saturated carbocycles. The molecule has 0 atom stereocenters. The molecule has 3 aromatic rings. The number of pyridine rings is 1. The second kappa shape index (κ2) is 8.31. The Labute approximate surface area is 157 Å². The first-order chi connectivity index (χ1) is 13.0. The lowest BCUT2D eigenvalue weighted by molar-refractivity contribution is 0.102. The van der Waals surface area contributed by atoms with Gasteiger partial charge in [-0.3, -0.25) is 4.79 Å². The van der Waals surface area contributed by atoms with Gasteiger partial charge in [0.15, 0.2) is 0 Å². The maximum atomic E-state index is 12.9. The monoisotopic (exact) mass is 365 g/mol. The number of para-hydroxylation sites is 2. The molecule has 0 aliphatic rings. The van der Waals surface area contributed by atoms with Crippen LogP contribution in [0, 0.1) is 5.82 Å². The highest BCUT2D eigenvalue weighted by Gasteiger charge is 2.09. The summed E-state index contributed by atoms with van der Waals surface area (Å²) in [5, 5.41) is 5.92. The molecule has 1 amide bonds. The molecule has 5 nitrogen and oxygen atoms in total. The maximum Gasteiger partial charge on any atom is 0.274 e. The van der Waals surface area contributed by atoms with Crippen molar-refractivity contribution in [2.24, 2.45) is 0 Å². The number of amides is 1. The van der Waals surface area contributed by atoms with Crippen molar-refractivity contribution >= 4 is 23.0 Å². The number of hydrogen-bond donors (Lipinski definition) is 2. The number of benzene rings is 2. The molecular formula is C21H20FN3O2. The maximum absolute atomic E-state index is 12.9. The van der Waals surface area contributed by atoms with Crippen LogP contribution in [0.5, 0.6) is 5.75 Å². The molecule has 0 saturated heterocycles. The predicted molar refractivity (Wildman–Crippen MR) is 104 cm³/mol. The van der Waals surface area contributed by atoms with Crippen LogP contribution in [0.1, 0.15) is 24.3 Å². The van der Waals surface area contributed by atoms with Crippen molar-refractivity contribution in [3.63, 3.8) is 0 Å². The van der Waals surface area contributed by atoms with Crippen LogP contribution in [0.25, 0.3) is 0 Å². The van der Waals surface area contributed by atoms with Crippen LogP contribution in [0.3, 0.4) is 0 Å². The van der Waals surface area contributed by atoms with Crippen LogP contribution >= 0.6 is 0 Å². The van der Waals surface area contributed by atoms with Gasteiger partial charge in [0.1, 0.15) is 17.3 Å². The van der Waals surface area contributed by atoms with Gasteiger partial charge in [-0.05, 0) is 62.4 Å². The van der Waals surface area contributed by atoms with E-state index in [2.05, 4.69) is 15.6 Å². The lowest BCUT2D eigenvalue weighted by atomic mass is 10.2. The van der Waals surface area contributed by atoms with Crippen LogP contribution in [-0.2, 0) is 0 Å². The summed E-state index contributed by atoms with van der Waals surface area (Å²) in [5.74, 6) is 0.0191. The Bertz CT molecular complexity index is 909. The van der Waals surface area contributed by atoms with Gasteiger partial charge in [0.25, 0.3) is 5.91 Å². The number of halogens is 1. The van der Waals surface area contributed by atoms with Gasteiger partial charge < -0.3 is 15.4 Å². The summed E-state index contributed by atoms with van der Waals surface area (Å²) in [7, 11) is 0. The van der Waals surface area contributed by atoms with Crippen LogP contribution in [0.2, 0.25) is 0 Å². The second-order valence-corrected chi connectivity index (χ2v) is 6.18. The average Bonchev–Trinajstić information content (AvgIpc) is 2.65. The zero-order valence-electron chi connectivity index (χ0n) is 15.1. The number of nitrogens with zero attached hydrogens (tertiary/aromatic N) is 1. The Morgan fingerprint density at radius 1 is 1.00 bits per heavy atom. The van der Waals surface area contributed by atoms with Crippen LogP contribution in [-0.4, -0.2) is 17.0 Å². The number of anilines is 3. The van der Waals surface area contributed by atoms with Crippen molar-refractivity contribution < 1.29 is 13.9 Å². The molecule has 6 heteroatoms. The topological polar surface area (TPSA) is 63.2 Å². The van der Waals surface area contributed by atoms with E-state index in [0.717, 1.165) is 17.1 Å². The molecule has 0 aliphatic heterocycles. The third-order valence-electron chi connectivity index (χ3n) is 3.63. The fraction of sp³-hybridized carbons (Fsp3) is 0.143. The Kier molecular flexibility index (Phi) is 5.66. The largest absolute Gasteiger partial charge is 0.489 e. The van der Waals surface area contributed by atoms with Gasteiger partial charge in [-0.15, -0.1) is 0 Å². The number of nitrogens with one attached hydrogen (secondary N) is 2. The van der Waals surface area contributed by atoms with Gasteiger partial charge in [0, 0.05) is 5.69 Å². The molecule has 0 fully saturated rings. The standard InChI is InChI=1S/C21H20FN3O2/c1-14(2)27-20-6-4-3-5-18(20)24-17-11-12-19(23-13-17)21(26)25-16-9-7-15(22)8-10-16/h3-14,24H,1-2H3,(H,25,26). The molecule has 3 rings (SSSR count). The normalized spacial score (nSPS) is 10.5. The Morgan fingerprint density at radius 2 is 1.70 bits per heavy atom. The lowest BCUT2D eigenvalue weighted by Gasteiger charge is -2.15. The summed E-state index contributed by atoms with van der Waals surface area (Å²) in [4.78, 5) is 16.4. The first kappa shape index (κ1) is 18.4. The molecule has 1 aromatic heterocycles. The summed E-state index contributed by atoms with van der Waals surface area (Å²) >= 11 is 0. The van der Waals surface area contributed by atoms with Crippen LogP contribution in [0.15, 0.2) is 66.9 Å². The molecule has 0 radical (unpaired) electrons. The van der Waals surface area contributed by atoms with Crippen molar-refractivity contribution in [2.75, 3.05) is 10.6 Å². The van der Waals surface area contributed by atoms with Gasteiger partial charge in [0.05, 0.1) is 23.7 Å². The fourth-order valence-corrected chi connectivity index (χ4v) is 2.41. The van der Waals surface area contributed by atoms with Gasteiger partial charge in [-0.25, -0.2) is 9.37 Å². The molecule has 0 bridgehead atoms. The highest BCUT2D eigenvalue weighted by molar-refractivity contribution is 6.02. The van der Waals surface area contributed by atoms with Crippen LogP contribution in [0.4, 0.5) is 21.5 Å². The third kappa shape index (κ3) is 5.04. The molecule has 27 heavy (non-hydrogen) atoms. The van der Waals surface area contributed by atoms with Crippen molar-refractivity contribution in [2.45, 2.75) is 20.0 Å². The highest BCUT2D eigenvalue weighted by atomic mass is 19.1. The fourth-order valence-electron chi connectivity index (χ4n) is 2.41. The van der Waals surface area contributed by atoms with E-state index in [0.29, 0.717) is 5.69 Å². The zero-order chi connectivity index (χ0) is 19.2. The van der Waals surface area contributed by atoms with Gasteiger partial charge in [0.2, 0.25) is 0 Å². The molecule has 1 heterocycles. The van der Waals surface area contributed by atoms with Crippen LogP contribution < -0.4 is 15.4 Å². The van der Waals surface area contributed by atoms with Crippen molar-refractivity contribution in [3.05, 3.63) is 78.4 Å². The minimum Gasteiger partial charge on any atom is -0.489 e. The molecule has 2 N–H and O–H groups in total. The van der Waals surface area contributed by atoms with E-state index in [-0.39, 0.29) is 23.5 Å². The van der Waals surface area contributed by atoms with Gasteiger partial charge in [-0.2, -0.15) is 0 Å². The van der Waals surface area contributed by atoms with E-state index in [4.69, 9.17) is 4.74 Å². The van der Waals surface area contributed by atoms with Gasteiger partial charge >= 0.3 is 0 Å². The molecule has 0 unspecified atom stereocenters. The van der Waals surface area contributed by atoms with E-state index in [1.54, 1.807) is 18.3 Å². The van der Waals surface area contributed by atoms with E-state index in [1.807, 2.05) is 38.1 Å². The third-order valence-corrected chi connectivity index (χ3v) is 3.63. The Hall–Kier alpha value is -3.41. The molecule has 2 aromatic carbocycles. The number of rotatable bonds is 6. The first-order valence-electron chi connectivity index (χ1n) is 8.57. The van der Waals surface area contributed by atoms with E-state index < -0.39 is 0 Å². The van der Waals surface area contributed by atoms with Gasteiger partial charge in [-0.1, -0.05) is 12.1 Å². The minimum absolute atomic E-state index is 0.0589. The highest BCUT2D eigenvalue weighted by Crippen LogP contribution is 2.28. The number of hydrogen-bond acceptors (Lipinski definition) is 4. The molecular weight excluding hydrogens is 345 g/mol. The van der Waals surface area contributed by atoms with Crippen molar-refractivity contribution in [1.82, 2.24) is 4.98 Å². The second-order valence-electron chi connectivity index (χ2n) is 6.18. The summed E-state index contributed by atoms with van der Waals surface area (Å²) < 4.78 is 18.7. The number of carbonyl (C=O) groups excluding carboxylic acids is 1. The van der Waals surface area contributed by atoms with Crippen molar-refractivity contribution in [1.29, 1.82) is 0 Å². The lowest BCUT2D eigenvalue weighted by Crippen LogP contribution is -2.13. The molecule has 0 aliphatic carbocycles. The number of carbonyl (C=O) groups is 1. The smallest absolute Gasteiger partial charge is 0.274 e. The zero-order valence-corrected chi connectivity index (χ0v) is 15.1. The SMILES string of the molecule is CC(C)Oc1ccccc1Nc1ccc(C(=O)Nc2ccc(F)cc2)nc1. The summed E-state index contributed by atoms with van der Waals surface area (Å²) in [6.07, 6.45) is 1.63. The minimum atomic E-state index is -0.364. The average molecular weight is 365 g/mol. The Balaban J connectivity index is 1.68. The number of ether oxygens (including phenoxy) is 1.